The lowest BCUT2D eigenvalue weighted by molar-refractivity contribution is -0.332. The zero-order valence-corrected chi connectivity index (χ0v) is 42.4. The van der Waals surface area contributed by atoms with Crippen LogP contribution in [0.15, 0.2) is 0 Å². The predicted molar refractivity (Wildman–Crippen MR) is 261 cm³/mol. The van der Waals surface area contributed by atoms with Crippen LogP contribution in [0, 0.1) is 0 Å². The summed E-state index contributed by atoms with van der Waals surface area (Å²) < 4.78 is 34.3. The summed E-state index contributed by atoms with van der Waals surface area (Å²) in [7, 11) is 0. The Balaban J connectivity index is 1.67. The van der Waals surface area contributed by atoms with Crippen LogP contribution in [0.3, 0.4) is 0 Å². The Morgan fingerprint density at radius 1 is 0.433 bits per heavy atom. The van der Waals surface area contributed by atoms with E-state index in [-0.39, 0.29) is 25.6 Å². The van der Waals surface area contributed by atoms with Crippen molar-refractivity contribution in [3.63, 3.8) is 0 Å². The van der Waals surface area contributed by atoms with Crippen molar-refractivity contribution < 1.29 is 69.0 Å². The number of aliphatic hydroxyl groups excluding tert-OH is 7. The van der Waals surface area contributed by atoms with Crippen molar-refractivity contribution in [1.82, 2.24) is 0 Å². The molecule has 0 radical (unpaired) electrons. The van der Waals surface area contributed by atoms with Gasteiger partial charge in [0.05, 0.1) is 26.4 Å². The molecule has 2 fully saturated rings. The van der Waals surface area contributed by atoms with Gasteiger partial charge in [-0.3, -0.25) is 4.79 Å². The van der Waals surface area contributed by atoms with Crippen LogP contribution >= 0.6 is 0 Å². The fourth-order valence-corrected chi connectivity index (χ4v) is 9.11. The van der Waals surface area contributed by atoms with Crippen molar-refractivity contribution in [2.75, 3.05) is 33.0 Å². The van der Waals surface area contributed by atoms with Crippen LogP contribution in [0.4, 0.5) is 0 Å². The molecule has 0 spiro atoms. The fraction of sp³-hybridized carbons (Fsp3) is 0.981. The van der Waals surface area contributed by atoms with Gasteiger partial charge in [-0.05, 0) is 12.8 Å². The van der Waals surface area contributed by atoms with Crippen molar-refractivity contribution >= 4 is 5.97 Å². The molecule has 0 aromatic rings. The van der Waals surface area contributed by atoms with Crippen LogP contribution in [0.1, 0.15) is 232 Å². The van der Waals surface area contributed by atoms with Gasteiger partial charge in [0, 0.05) is 13.0 Å². The van der Waals surface area contributed by atoms with E-state index < -0.39 is 80.7 Å². The number of carbonyl (C=O) groups excluding carboxylic acids is 1. The Morgan fingerprint density at radius 2 is 0.791 bits per heavy atom. The summed E-state index contributed by atoms with van der Waals surface area (Å²) in [4.78, 5) is 13.0. The zero-order valence-electron chi connectivity index (χ0n) is 42.4. The summed E-state index contributed by atoms with van der Waals surface area (Å²) in [5.41, 5.74) is 0. The predicted octanol–water partition coefficient (Wildman–Crippen LogP) is 8.86. The monoisotopic (exact) mass is 963 g/mol. The van der Waals surface area contributed by atoms with Gasteiger partial charge in [0.25, 0.3) is 0 Å². The molecule has 0 aromatic carbocycles. The highest BCUT2D eigenvalue weighted by atomic mass is 16.7. The number of hydrogen-bond acceptors (Lipinski definition) is 14. The standard InChI is InChI=1S/C53H102O14/c1-3-5-7-9-11-13-15-16-17-18-19-20-21-22-23-24-25-26-27-28-30-32-34-36-45(55)65-42(39-62-37-35-33-31-29-14-12-10-8-6-4-2)40-63-52-51(61)49(59)47(57)44(67-52)41-64-53-50(60)48(58)46(56)43(38-54)66-53/h42-44,46-54,56-61H,3-41H2,1-2H3. The van der Waals surface area contributed by atoms with Crippen molar-refractivity contribution in [2.45, 2.75) is 300 Å². The van der Waals surface area contributed by atoms with Crippen LogP contribution in [-0.4, -0.2) is 142 Å². The molecular formula is C53H102O14. The van der Waals surface area contributed by atoms with Gasteiger partial charge in [0.2, 0.25) is 0 Å². The van der Waals surface area contributed by atoms with E-state index in [2.05, 4.69) is 13.8 Å². The maximum absolute atomic E-state index is 13.0. The molecule has 2 rings (SSSR count). The van der Waals surface area contributed by atoms with Crippen LogP contribution in [0.5, 0.6) is 0 Å². The number of unbranched alkanes of at least 4 members (excludes halogenated alkanes) is 31. The highest BCUT2D eigenvalue weighted by Crippen LogP contribution is 2.27. The molecule has 0 saturated carbocycles. The molecule has 2 heterocycles. The third kappa shape index (κ3) is 29.2. The molecular weight excluding hydrogens is 861 g/mol. The van der Waals surface area contributed by atoms with Gasteiger partial charge in [-0.15, -0.1) is 0 Å². The molecule has 14 heteroatoms. The average Bonchev–Trinajstić information content (AvgIpc) is 3.32. The first-order valence-electron chi connectivity index (χ1n) is 27.6. The molecule has 7 N–H and O–H groups in total. The summed E-state index contributed by atoms with van der Waals surface area (Å²) in [6, 6.07) is 0. The van der Waals surface area contributed by atoms with Crippen molar-refractivity contribution in [3.05, 3.63) is 0 Å². The number of rotatable bonds is 45. The molecule has 0 aromatic heterocycles. The highest BCUT2D eigenvalue weighted by molar-refractivity contribution is 5.69. The molecule has 0 bridgehead atoms. The van der Waals surface area contributed by atoms with Gasteiger partial charge in [-0.2, -0.15) is 0 Å². The maximum Gasteiger partial charge on any atom is 0.306 e. The van der Waals surface area contributed by atoms with E-state index in [0.717, 1.165) is 44.9 Å². The largest absolute Gasteiger partial charge is 0.457 e. The molecule has 11 atom stereocenters. The van der Waals surface area contributed by atoms with Crippen molar-refractivity contribution in [2.24, 2.45) is 0 Å². The van der Waals surface area contributed by atoms with Gasteiger partial charge < -0.3 is 64.2 Å². The van der Waals surface area contributed by atoms with Crippen LogP contribution in [0.2, 0.25) is 0 Å². The average molecular weight is 963 g/mol. The second-order valence-electron chi connectivity index (χ2n) is 19.8. The van der Waals surface area contributed by atoms with E-state index in [1.54, 1.807) is 0 Å². The minimum atomic E-state index is -1.70. The fourth-order valence-electron chi connectivity index (χ4n) is 9.11. The highest BCUT2D eigenvalue weighted by Gasteiger charge is 2.47. The van der Waals surface area contributed by atoms with Crippen molar-refractivity contribution in [3.8, 4) is 0 Å². The molecule has 2 aliphatic heterocycles. The molecule has 398 valence electrons. The lowest BCUT2D eigenvalue weighted by Gasteiger charge is -2.42. The number of hydrogen-bond donors (Lipinski definition) is 7. The topological polar surface area (TPSA) is 214 Å². The van der Waals surface area contributed by atoms with Crippen LogP contribution in [0.25, 0.3) is 0 Å². The van der Waals surface area contributed by atoms with Gasteiger partial charge in [0.1, 0.15) is 54.9 Å². The normalized spacial score (nSPS) is 26.0. The molecule has 0 amide bonds. The Morgan fingerprint density at radius 3 is 1.21 bits per heavy atom. The van der Waals surface area contributed by atoms with E-state index in [1.165, 1.54) is 167 Å². The second kappa shape index (κ2) is 41.6. The van der Waals surface area contributed by atoms with Crippen molar-refractivity contribution in [1.29, 1.82) is 0 Å². The first-order valence-corrected chi connectivity index (χ1v) is 27.6. The Labute approximate surface area is 406 Å². The number of ether oxygens (including phenoxy) is 6. The molecule has 67 heavy (non-hydrogen) atoms. The first-order chi connectivity index (χ1) is 32.6. The van der Waals surface area contributed by atoms with Gasteiger partial charge >= 0.3 is 5.97 Å². The molecule has 11 unspecified atom stereocenters. The minimum absolute atomic E-state index is 0.0697. The summed E-state index contributed by atoms with van der Waals surface area (Å²) in [5.74, 6) is -0.369. The molecule has 2 aliphatic rings. The van der Waals surface area contributed by atoms with Crippen LogP contribution in [-0.2, 0) is 33.2 Å². The zero-order chi connectivity index (χ0) is 48.7. The third-order valence-electron chi connectivity index (χ3n) is 13.6. The Kier molecular flexibility index (Phi) is 38.6. The number of aliphatic hydroxyl groups is 7. The smallest absolute Gasteiger partial charge is 0.306 e. The van der Waals surface area contributed by atoms with Gasteiger partial charge in [0.15, 0.2) is 12.6 Å². The molecule has 2 saturated heterocycles. The Hall–Kier alpha value is -1.01. The van der Waals surface area contributed by atoms with E-state index in [4.69, 9.17) is 28.4 Å². The molecule has 14 nitrogen and oxygen atoms in total. The second-order valence-corrected chi connectivity index (χ2v) is 19.8. The summed E-state index contributed by atoms with van der Waals surface area (Å²) in [6.45, 7) is 3.73. The van der Waals surface area contributed by atoms with E-state index in [0.29, 0.717) is 6.61 Å². The lowest BCUT2D eigenvalue weighted by Crippen LogP contribution is -2.61. The first kappa shape index (κ1) is 62.1. The lowest BCUT2D eigenvalue weighted by atomic mass is 9.98. The third-order valence-corrected chi connectivity index (χ3v) is 13.6. The van der Waals surface area contributed by atoms with E-state index >= 15 is 0 Å². The molecule has 0 aliphatic carbocycles. The SMILES string of the molecule is CCCCCCCCCCCCCCCCCCCCCCCCCC(=O)OC(COCCCCCCCCCCCC)COC1OC(COC2OC(CO)C(O)C(O)C2O)C(O)C(O)C1O. The number of esters is 1. The minimum Gasteiger partial charge on any atom is -0.457 e. The van der Waals surface area contributed by atoms with Crippen LogP contribution < -0.4 is 0 Å². The quantitative estimate of drug-likeness (QED) is 0.0224. The van der Waals surface area contributed by atoms with E-state index in [9.17, 15) is 40.5 Å². The summed E-state index contributed by atoms with van der Waals surface area (Å²) >= 11 is 0. The van der Waals surface area contributed by atoms with Gasteiger partial charge in [-0.25, -0.2) is 0 Å². The van der Waals surface area contributed by atoms with E-state index in [1.807, 2.05) is 0 Å². The summed E-state index contributed by atoms with van der Waals surface area (Å²) in [5, 5.41) is 72.1. The summed E-state index contributed by atoms with van der Waals surface area (Å²) in [6.07, 6.45) is 26.1. The maximum atomic E-state index is 13.0. The number of carbonyl (C=O) groups is 1. The Bertz CT molecular complexity index is 1120. The van der Waals surface area contributed by atoms with Gasteiger partial charge in [-0.1, -0.05) is 213 Å².